The van der Waals surface area contributed by atoms with Crippen LogP contribution in [0.5, 0.6) is 0 Å². The van der Waals surface area contributed by atoms with E-state index in [4.69, 9.17) is 4.74 Å². The molecule has 8 heteroatoms. The molecule has 2 aromatic carbocycles. The fraction of sp³-hybridized carbons (Fsp3) is 0.538. The van der Waals surface area contributed by atoms with Crippen molar-refractivity contribution in [2.45, 2.75) is 69.4 Å². The minimum atomic E-state index is -1.43. The molecule has 3 atom stereocenters. The molecule has 0 spiro atoms. The summed E-state index contributed by atoms with van der Waals surface area (Å²) in [7, 11) is -1.43. The highest BCUT2D eigenvalue weighted by atomic mass is 32.2. The van der Waals surface area contributed by atoms with Gasteiger partial charge in [0.25, 0.3) is 5.91 Å². The monoisotopic (exact) mass is 485 g/mol. The lowest BCUT2D eigenvalue weighted by Gasteiger charge is -2.31. The highest BCUT2D eigenvalue weighted by Gasteiger charge is 2.26. The van der Waals surface area contributed by atoms with Gasteiger partial charge in [0.2, 0.25) is 0 Å². The number of amides is 2. The number of ether oxygens (including phenoxy) is 1. The summed E-state index contributed by atoms with van der Waals surface area (Å²) < 4.78 is 21.6. The number of hydrogen-bond acceptors (Lipinski definition) is 4. The van der Waals surface area contributed by atoms with Gasteiger partial charge in [-0.3, -0.25) is 4.79 Å². The van der Waals surface area contributed by atoms with Gasteiger partial charge in [-0.25, -0.2) is 13.7 Å². The predicted molar refractivity (Wildman–Crippen MR) is 134 cm³/mol. The van der Waals surface area contributed by atoms with E-state index in [1.54, 1.807) is 11.8 Å². The van der Waals surface area contributed by atoms with E-state index < -0.39 is 11.0 Å². The standard InChI is InChI=1S/C26H35N3O4S/c1-3-33-26(31)29-16-14-19(15-17-29)28-34(32)24-13-7-9-20-21(24)10-6-11-22(20)25(30)27-23-12-5-4-8-18(23)2/h6-7,9-11,13,18-19,23,28H,3-5,8,12,14-17H2,1-2H3,(H,27,30). The Labute approximate surface area is 204 Å². The van der Waals surface area contributed by atoms with E-state index in [1.807, 2.05) is 36.4 Å². The molecule has 2 amide bonds. The Hall–Kier alpha value is -2.45. The smallest absolute Gasteiger partial charge is 0.409 e. The van der Waals surface area contributed by atoms with Crippen LogP contribution in [0, 0.1) is 5.92 Å². The first-order chi connectivity index (χ1) is 16.5. The van der Waals surface area contributed by atoms with Crippen LogP contribution in [-0.4, -0.2) is 52.9 Å². The SMILES string of the molecule is CCOC(=O)N1CCC(NS(=O)c2cccc3c(C(=O)NC4CCCCC4C)cccc23)CC1. The third kappa shape index (κ3) is 5.61. The maximum atomic E-state index is 13.3. The fourth-order valence-electron chi connectivity index (χ4n) is 5.03. The van der Waals surface area contributed by atoms with Gasteiger partial charge in [0.1, 0.15) is 11.0 Å². The Bertz CT molecular complexity index is 1050. The largest absolute Gasteiger partial charge is 0.450 e. The first-order valence-corrected chi connectivity index (χ1v) is 13.5. The first-order valence-electron chi connectivity index (χ1n) is 12.4. The van der Waals surface area contributed by atoms with Gasteiger partial charge >= 0.3 is 6.09 Å². The molecule has 2 aromatic rings. The summed E-state index contributed by atoms with van der Waals surface area (Å²) in [6.07, 6.45) is 5.68. The molecule has 2 N–H and O–H groups in total. The molecule has 2 aliphatic rings. The van der Waals surface area contributed by atoms with Crippen LogP contribution in [0.4, 0.5) is 4.79 Å². The van der Waals surface area contributed by atoms with E-state index in [-0.39, 0.29) is 24.1 Å². The molecule has 0 radical (unpaired) electrons. The number of rotatable bonds is 6. The van der Waals surface area contributed by atoms with Gasteiger partial charge in [-0.05, 0) is 61.4 Å². The van der Waals surface area contributed by atoms with Gasteiger partial charge < -0.3 is 15.0 Å². The lowest BCUT2D eigenvalue weighted by atomic mass is 9.85. The van der Waals surface area contributed by atoms with Crippen LogP contribution in [0.1, 0.15) is 62.7 Å². The van der Waals surface area contributed by atoms with Gasteiger partial charge in [-0.15, -0.1) is 0 Å². The summed E-state index contributed by atoms with van der Waals surface area (Å²) in [4.78, 5) is 27.4. The number of piperidine rings is 1. The number of nitrogens with zero attached hydrogens (tertiary/aromatic N) is 1. The van der Waals surface area contributed by atoms with Gasteiger partial charge in [0.15, 0.2) is 0 Å². The van der Waals surface area contributed by atoms with E-state index in [9.17, 15) is 13.8 Å². The number of carbonyl (C=O) groups excluding carboxylic acids is 2. The minimum absolute atomic E-state index is 0.0426. The Balaban J connectivity index is 1.46. The zero-order valence-electron chi connectivity index (χ0n) is 20.0. The zero-order chi connectivity index (χ0) is 24.1. The molecule has 0 bridgehead atoms. The molecule has 3 unspecified atom stereocenters. The maximum absolute atomic E-state index is 13.3. The number of likely N-dealkylation sites (tertiary alicyclic amines) is 1. The van der Waals surface area contributed by atoms with Gasteiger partial charge in [-0.1, -0.05) is 44.0 Å². The second-order valence-electron chi connectivity index (χ2n) is 9.35. The summed E-state index contributed by atoms with van der Waals surface area (Å²) >= 11 is 0. The van der Waals surface area contributed by atoms with E-state index in [0.29, 0.717) is 48.9 Å². The molecule has 1 saturated carbocycles. The third-order valence-electron chi connectivity index (χ3n) is 7.05. The van der Waals surface area contributed by atoms with E-state index in [0.717, 1.165) is 30.0 Å². The molecule has 1 aliphatic carbocycles. The van der Waals surface area contributed by atoms with Crippen LogP contribution in [0.25, 0.3) is 10.8 Å². The lowest BCUT2D eigenvalue weighted by Crippen LogP contribution is -2.45. The van der Waals surface area contributed by atoms with Crippen LogP contribution in [0.3, 0.4) is 0 Å². The van der Waals surface area contributed by atoms with E-state index in [1.165, 1.54) is 6.42 Å². The van der Waals surface area contributed by atoms with Gasteiger partial charge in [0.05, 0.1) is 11.5 Å². The summed E-state index contributed by atoms with van der Waals surface area (Å²) in [5.74, 6) is 0.418. The topological polar surface area (TPSA) is 87.7 Å². The Morgan fingerprint density at radius 1 is 1.03 bits per heavy atom. The number of fused-ring (bicyclic) bond motifs is 1. The van der Waals surface area contributed by atoms with Crippen molar-refractivity contribution in [3.63, 3.8) is 0 Å². The molecule has 7 nitrogen and oxygen atoms in total. The second-order valence-corrected chi connectivity index (χ2v) is 10.6. The predicted octanol–water partition coefficient (Wildman–Crippen LogP) is 4.38. The van der Waals surface area contributed by atoms with Crippen molar-refractivity contribution in [1.82, 2.24) is 14.9 Å². The van der Waals surface area contributed by atoms with E-state index >= 15 is 0 Å². The van der Waals surface area contributed by atoms with Crippen LogP contribution >= 0.6 is 0 Å². The van der Waals surface area contributed by atoms with Crippen molar-refractivity contribution in [2.24, 2.45) is 5.92 Å². The summed E-state index contributed by atoms with van der Waals surface area (Å²) in [5.41, 5.74) is 0.622. The first kappa shape index (κ1) is 24.7. The van der Waals surface area contributed by atoms with Crippen molar-refractivity contribution in [3.8, 4) is 0 Å². The molecule has 1 saturated heterocycles. The van der Waals surface area contributed by atoms with Crippen LogP contribution in [-0.2, 0) is 15.7 Å². The van der Waals surface area contributed by atoms with Gasteiger partial charge in [-0.2, -0.15) is 0 Å². The fourth-order valence-corrected chi connectivity index (χ4v) is 6.27. The van der Waals surface area contributed by atoms with Crippen LogP contribution in [0.15, 0.2) is 41.3 Å². The normalized spacial score (nSPS) is 22.4. The molecular formula is C26H35N3O4S. The van der Waals surface area contributed by atoms with Crippen LogP contribution in [0.2, 0.25) is 0 Å². The molecule has 1 aliphatic heterocycles. The molecular weight excluding hydrogens is 450 g/mol. The third-order valence-corrected chi connectivity index (χ3v) is 8.35. The van der Waals surface area contributed by atoms with E-state index in [2.05, 4.69) is 17.0 Å². The van der Waals surface area contributed by atoms with Crippen molar-refractivity contribution in [3.05, 3.63) is 42.0 Å². The minimum Gasteiger partial charge on any atom is -0.450 e. The van der Waals surface area contributed by atoms with Crippen LogP contribution < -0.4 is 10.0 Å². The number of carbonyl (C=O) groups is 2. The van der Waals surface area contributed by atoms with Crippen molar-refractivity contribution in [2.75, 3.05) is 19.7 Å². The number of benzene rings is 2. The molecule has 2 fully saturated rings. The molecule has 4 rings (SSSR count). The van der Waals surface area contributed by atoms with Crippen molar-refractivity contribution in [1.29, 1.82) is 0 Å². The summed E-state index contributed by atoms with van der Waals surface area (Å²) in [6, 6.07) is 11.5. The summed E-state index contributed by atoms with van der Waals surface area (Å²) in [6.45, 7) is 5.52. The Morgan fingerprint density at radius 3 is 2.47 bits per heavy atom. The zero-order valence-corrected chi connectivity index (χ0v) is 20.9. The molecule has 1 heterocycles. The Kier molecular flexibility index (Phi) is 8.21. The summed E-state index contributed by atoms with van der Waals surface area (Å²) in [5, 5.41) is 4.87. The highest BCUT2D eigenvalue weighted by Crippen LogP contribution is 2.27. The lowest BCUT2D eigenvalue weighted by molar-refractivity contribution is 0.0910. The van der Waals surface area contributed by atoms with Crippen molar-refractivity contribution >= 4 is 33.8 Å². The van der Waals surface area contributed by atoms with Crippen molar-refractivity contribution < 1.29 is 18.5 Å². The van der Waals surface area contributed by atoms with Gasteiger partial charge in [0, 0.05) is 30.7 Å². The molecule has 184 valence electrons. The number of nitrogens with one attached hydrogen (secondary N) is 2. The average molecular weight is 486 g/mol. The number of hydrogen-bond donors (Lipinski definition) is 2. The highest BCUT2D eigenvalue weighted by molar-refractivity contribution is 7.83. The maximum Gasteiger partial charge on any atom is 0.409 e. The quantitative estimate of drug-likeness (QED) is 0.636. The Morgan fingerprint density at radius 2 is 1.74 bits per heavy atom. The molecule has 0 aromatic heterocycles. The average Bonchev–Trinajstić information content (AvgIpc) is 2.85. The molecule has 34 heavy (non-hydrogen) atoms. The second kappa shape index (κ2) is 11.3.